The summed E-state index contributed by atoms with van der Waals surface area (Å²) in [5, 5.41) is 3.46. The lowest BCUT2D eigenvalue weighted by Crippen LogP contribution is -2.46. The number of carbonyl (C=O) groups is 1. The molecule has 5 heteroatoms. The van der Waals surface area contributed by atoms with Crippen LogP contribution in [0.15, 0.2) is 36.5 Å². The average Bonchev–Trinajstić information content (AvgIpc) is 2.48. The minimum Gasteiger partial charge on any atom is -0.354 e. The van der Waals surface area contributed by atoms with E-state index >= 15 is 0 Å². The predicted octanol–water partition coefficient (Wildman–Crippen LogP) is 1.43. The number of benzene rings is 1. The number of carbonyl (C=O) groups excluding carboxylic acids is 1. The van der Waals surface area contributed by atoms with Crippen LogP contribution in [0.3, 0.4) is 0 Å². The number of methoxy groups -OCH3 is 2. The summed E-state index contributed by atoms with van der Waals surface area (Å²) in [6.07, 6.45) is 1.59. The topological polar surface area (TPSA) is 60.5 Å². The maximum absolute atomic E-state index is 12.0. The molecule has 0 radical (unpaired) electrons. The highest BCUT2D eigenvalue weighted by atomic mass is 16.7. The van der Waals surface area contributed by atoms with E-state index in [1.165, 1.54) is 21.3 Å². The molecule has 5 nitrogen and oxygen atoms in total. The quantitative estimate of drug-likeness (QED) is 0.845. The second-order valence-electron chi connectivity index (χ2n) is 4.02. The van der Waals surface area contributed by atoms with Crippen molar-refractivity contribution in [3.63, 3.8) is 0 Å². The number of nitrogens with zero attached hydrogens (tertiary/aromatic N) is 1. The summed E-state index contributed by atoms with van der Waals surface area (Å²) in [4.78, 5) is 16.4. The highest BCUT2D eigenvalue weighted by molar-refractivity contribution is 5.87. The number of hydrogen-bond acceptors (Lipinski definition) is 4. The third-order valence-corrected chi connectivity index (χ3v) is 3.07. The van der Waals surface area contributed by atoms with E-state index in [0.717, 1.165) is 10.9 Å². The van der Waals surface area contributed by atoms with Crippen LogP contribution in [0, 0.1) is 0 Å². The van der Waals surface area contributed by atoms with Gasteiger partial charge in [-0.25, -0.2) is 0 Å². The standard InChI is InChI=1S/C14H16N2O3/c1-15-13(17)14(18-2,19-3)11-8-10-6-4-5-7-12(10)16-9-11/h4-9H,1-3H3,(H,15,17). The Bertz CT molecular complexity index is 594. The van der Waals surface area contributed by atoms with Gasteiger partial charge in [-0.15, -0.1) is 0 Å². The van der Waals surface area contributed by atoms with Crippen LogP contribution in [0.4, 0.5) is 0 Å². The van der Waals surface area contributed by atoms with Crippen LogP contribution in [0.5, 0.6) is 0 Å². The molecule has 1 aromatic carbocycles. The lowest BCUT2D eigenvalue weighted by molar-refractivity contribution is -0.215. The summed E-state index contributed by atoms with van der Waals surface area (Å²) in [5.41, 5.74) is 1.40. The largest absolute Gasteiger partial charge is 0.354 e. The maximum atomic E-state index is 12.0. The molecule has 1 amide bonds. The van der Waals surface area contributed by atoms with E-state index < -0.39 is 5.79 Å². The molecule has 0 saturated carbocycles. The van der Waals surface area contributed by atoms with Gasteiger partial charge in [0.2, 0.25) is 0 Å². The Balaban J connectivity index is 2.59. The van der Waals surface area contributed by atoms with Crippen molar-refractivity contribution in [2.75, 3.05) is 21.3 Å². The van der Waals surface area contributed by atoms with Crippen molar-refractivity contribution in [2.24, 2.45) is 0 Å². The first kappa shape index (κ1) is 13.5. The predicted molar refractivity (Wildman–Crippen MR) is 71.5 cm³/mol. The Kier molecular flexibility index (Phi) is 3.78. The first-order valence-electron chi connectivity index (χ1n) is 5.85. The zero-order valence-electron chi connectivity index (χ0n) is 11.1. The van der Waals surface area contributed by atoms with Gasteiger partial charge in [0.1, 0.15) is 0 Å². The minimum atomic E-state index is -1.48. The van der Waals surface area contributed by atoms with Crippen molar-refractivity contribution < 1.29 is 14.3 Å². The summed E-state index contributed by atoms with van der Waals surface area (Å²) < 4.78 is 10.6. The van der Waals surface area contributed by atoms with Crippen molar-refractivity contribution in [1.82, 2.24) is 10.3 Å². The van der Waals surface area contributed by atoms with Gasteiger partial charge in [-0.1, -0.05) is 18.2 Å². The fourth-order valence-corrected chi connectivity index (χ4v) is 2.05. The SMILES string of the molecule is CNC(=O)C(OC)(OC)c1cnc2ccccc2c1. The number of fused-ring (bicyclic) bond motifs is 1. The Morgan fingerprint density at radius 3 is 2.58 bits per heavy atom. The van der Waals surface area contributed by atoms with Gasteiger partial charge in [-0.05, 0) is 12.1 Å². The molecule has 0 unspecified atom stereocenters. The number of rotatable bonds is 4. The summed E-state index contributed by atoms with van der Waals surface area (Å²) in [6, 6.07) is 9.49. The highest BCUT2D eigenvalue weighted by Crippen LogP contribution is 2.28. The zero-order chi connectivity index (χ0) is 13.9. The molecule has 0 bridgehead atoms. The number of pyridine rings is 1. The summed E-state index contributed by atoms with van der Waals surface area (Å²) >= 11 is 0. The second-order valence-corrected chi connectivity index (χ2v) is 4.02. The molecule has 0 aliphatic rings. The molecular formula is C14H16N2O3. The van der Waals surface area contributed by atoms with Crippen LogP contribution in [-0.2, 0) is 20.1 Å². The molecule has 0 aliphatic carbocycles. The van der Waals surface area contributed by atoms with Gasteiger partial charge >= 0.3 is 0 Å². The number of nitrogens with one attached hydrogen (secondary N) is 1. The lowest BCUT2D eigenvalue weighted by atomic mass is 10.0. The number of amides is 1. The minimum absolute atomic E-state index is 0.380. The van der Waals surface area contributed by atoms with Gasteiger partial charge in [-0.2, -0.15) is 0 Å². The molecule has 2 aromatic rings. The number of ether oxygens (including phenoxy) is 2. The average molecular weight is 260 g/mol. The fourth-order valence-electron chi connectivity index (χ4n) is 2.05. The summed E-state index contributed by atoms with van der Waals surface area (Å²) in [7, 11) is 4.38. The van der Waals surface area contributed by atoms with Gasteiger partial charge in [0.25, 0.3) is 11.7 Å². The molecule has 2 rings (SSSR count). The number of para-hydroxylation sites is 1. The Morgan fingerprint density at radius 1 is 1.26 bits per heavy atom. The molecule has 100 valence electrons. The zero-order valence-corrected chi connectivity index (χ0v) is 11.1. The Hall–Kier alpha value is -1.98. The first-order chi connectivity index (χ1) is 9.17. The molecule has 1 heterocycles. The molecule has 1 aromatic heterocycles. The smallest absolute Gasteiger partial charge is 0.285 e. The van der Waals surface area contributed by atoms with Crippen LogP contribution >= 0.6 is 0 Å². The van der Waals surface area contributed by atoms with Crippen LogP contribution in [0.25, 0.3) is 10.9 Å². The molecule has 0 atom stereocenters. The van der Waals surface area contributed by atoms with Crippen molar-refractivity contribution in [1.29, 1.82) is 0 Å². The number of hydrogen-bond donors (Lipinski definition) is 1. The van der Waals surface area contributed by atoms with E-state index in [0.29, 0.717) is 5.56 Å². The van der Waals surface area contributed by atoms with Crippen molar-refractivity contribution in [2.45, 2.75) is 5.79 Å². The third-order valence-electron chi connectivity index (χ3n) is 3.07. The van der Waals surface area contributed by atoms with Crippen LogP contribution in [0.1, 0.15) is 5.56 Å². The summed E-state index contributed by atoms with van der Waals surface area (Å²) in [6.45, 7) is 0. The van der Waals surface area contributed by atoms with Crippen molar-refractivity contribution in [3.05, 3.63) is 42.1 Å². The third kappa shape index (κ3) is 2.18. The van der Waals surface area contributed by atoms with Gasteiger partial charge in [-0.3, -0.25) is 9.78 Å². The normalized spacial score (nSPS) is 11.5. The maximum Gasteiger partial charge on any atom is 0.285 e. The van der Waals surface area contributed by atoms with Crippen molar-refractivity contribution in [3.8, 4) is 0 Å². The van der Waals surface area contributed by atoms with E-state index in [1.807, 2.05) is 30.3 Å². The van der Waals surface area contributed by atoms with Gasteiger partial charge < -0.3 is 14.8 Å². The van der Waals surface area contributed by atoms with Crippen LogP contribution in [-0.4, -0.2) is 32.2 Å². The Labute approximate surface area is 111 Å². The molecule has 0 aliphatic heterocycles. The van der Waals surface area contributed by atoms with Gasteiger partial charge in [0.05, 0.1) is 5.52 Å². The highest BCUT2D eigenvalue weighted by Gasteiger charge is 2.41. The van der Waals surface area contributed by atoms with E-state index in [1.54, 1.807) is 6.20 Å². The van der Waals surface area contributed by atoms with Crippen LogP contribution < -0.4 is 5.32 Å². The van der Waals surface area contributed by atoms with E-state index in [-0.39, 0.29) is 5.91 Å². The fraction of sp³-hybridized carbons (Fsp3) is 0.286. The molecule has 1 N–H and O–H groups in total. The molecular weight excluding hydrogens is 244 g/mol. The molecule has 0 spiro atoms. The van der Waals surface area contributed by atoms with E-state index in [2.05, 4.69) is 10.3 Å². The summed E-state index contributed by atoms with van der Waals surface area (Å²) in [5.74, 6) is -1.86. The van der Waals surface area contributed by atoms with E-state index in [9.17, 15) is 4.79 Å². The van der Waals surface area contributed by atoms with E-state index in [4.69, 9.17) is 9.47 Å². The monoisotopic (exact) mass is 260 g/mol. The molecule has 0 fully saturated rings. The first-order valence-corrected chi connectivity index (χ1v) is 5.85. The number of likely N-dealkylation sites (N-methyl/N-ethyl adjacent to an activating group) is 1. The molecule has 19 heavy (non-hydrogen) atoms. The van der Waals surface area contributed by atoms with Crippen molar-refractivity contribution >= 4 is 16.8 Å². The number of aromatic nitrogens is 1. The molecule has 0 saturated heterocycles. The second kappa shape index (κ2) is 5.34. The van der Waals surface area contributed by atoms with Gasteiger partial charge in [0.15, 0.2) is 0 Å². The van der Waals surface area contributed by atoms with Crippen LogP contribution in [0.2, 0.25) is 0 Å². The van der Waals surface area contributed by atoms with Gasteiger partial charge in [0, 0.05) is 38.4 Å². The Morgan fingerprint density at radius 2 is 1.95 bits per heavy atom. The lowest BCUT2D eigenvalue weighted by Gasteiger charge is -2.28.